The van der Waals surface area contributed by atoms with E-state index in [2.05, 4.69) is 15.9 Å². The summed E-state index contributed by atoms with van der Waals surface area (Å²) in [5.41, 5.74) is 0.211. The molecule has 7 heteroatoms. The number of benzene rings is 1. The molecule has 0 heterocycles. The van der Waals surface area contributed by atoms with Crippen molar-refractivity contribution >= 4 is 33.5 Å². The lowest BCUT2D eigenvalue weighted by Crippen LogP contribution is -2.11. The van der Waals surface area contributed by atoms with Crippen LogP contribution in [0, 0.1) is 17.3 Å². The third-order valence-electron chi connectivity index (χ3n) is 4.06. The molecule has 1 aliphatic carbocycles. The Bertz CT molecular complexity index is 623. The van der Waals surface area contributed by atoms with Crippen LogP contribution in [-0.4, -0.2) is 12.1 Å². The van der Waals surface area contributed by atoms with E-state index in [-0.39, 0.29) is 6.61 Å². The number of ether oxygens (including phenoxy) is 1. The van der Waals surface area contributed by atoms with Gasteiger partial charge in [-0.05, 0) is 29.0 Å². The Kier molecular flexibility index (Phi) is 5.16. The van der Waals surface area contributed by atoms with Crippen LogP contribution < -0.4 is 0 Å². The molecule has 0 aliphatic heterocycles. The van der Waals surface area contributed by atoms with Crippen LogP contribution in [0.5, 0.6) is 0 Å². The summed E-state index contributed by atoms with van der Waals surface area (Å²) < 4.78 is 43.6. The molecular formula is C16H15BrClF3O2. The van der Waals surface area contributed by atoms with Crippen molar-refractivity contribution in [1.29, 1.82) is 0 Å². The van der Waals surface area contributed by atoms with E-state index in [1.807, 2.05) is 12.1 Å². The summed E-state index contributed by atoms with van der Waals surface area (Å²) >= 11 is 8.56. The topological polar surface area (TPSA) is 26.3 Å². The van der Waals surface area contributed by atoms with Crippen LogP contribution in [0.25, 0.3) is 0 Å². The van der Waals surface area contributed by atoms with E-state index < -0.39 is 34.4 Å². The Labute approximate surface area is 145 Å². The molecule has 0 saturated heterocycles. The lowest BCUT2D eigenvalue weighted by atomic mass is 10.1. The Balaban J connectivity index is 1.98. The maximum absolute atomic E-state index is 12.5. The number of hydrogen-bond donors (Lipinski definition) is 0. The van der Waals surface area contributed by atoms with Gasteiger partial charge >= 0.3 is 12.1 Å². The molecule has 0 spiro atoms. The fourth-order valence-electron chi connectivity index (χ4n) is 2.52. The first-order valence-electron chi connectivity index (χ1n) is 6.89. The number of hydrogen-bond acceptors (Lipinski definition) is 2. The van der Waals surface area contributed by atoms with Crippen LogP contribution in [-0.2, 0) is 16.1 Å². The zero-order valence-corrected chi connectivity index (χ0v) is 14.8. The van der Waals surface area contributed by atoms with Crippen LogP contribution in [0.2, 0.25) is 0 Å². The highest BCUT2D eigenvalue weighted by Crippen LogP contribution is 2.60. The lowest BCUT2D eigenvalue weighted by Gasteiger charge is -2.06. The van der Waals surface area contributed by atoms with Gasteiger partial charge in [0.05, 0.1) is 5.92 Å². The SMILES string of the molecule is CC1(C)[C@H](C=C(Cl)C(F)(F)F)[C@@H]1C(=O)OCc1ccc(Br)cc1. The van der Waals surface area contributed by atoms with Gasteiger partial charge in [0.1, 0.15) is 11.6 Å². The summed E-state index contributed by atoms with van der Waals surface area (Å²) in [5, 5.41) is -1.20. The zero-order valence-electron chi connectivity index (χ0n) is 12.5. The van der Waals surface area contributed by atoms with Crippen molar-refractivity contribution in [3.8, 4) is 0 Å². The Morgan fingerprint density at radius 2 is 1.91 bits per heavy atom. The van der Waals surface area contributed by atoms with Gasteiger partial charge in [0.25, 0.3) is 0 Å². The zero-order chi connectivity index (χ0) is 17.4. The van der Waals surface area contributed by atoms with Gasteiger partial charge in [-0.3, -0.25) is 4.79 Å². The third kappa shape index (κ3) is 4.29. The fraction of sp³-hybridized carbons (Fsp3) is 0.438. The first-order valence-corrected chi connectivity index (χ1v) is 8.06. The largest absolute Gasteiger partial charge is 0.461 e. The van der Waals surface area contributed by atoms with Crippen LogP contribution in [0.1, 0.15) is 19.4 Å². The number of esters is 1. The fourth-order valence-corrected chi connectivity index (χ4v) is 2.92. The molecule has 0 N–H and O–H groups in total. The molecule has 1 saturated carbocycles. The molecule has 0 aromatic heterocycles. The molecule has 0 radical (unpaired) electrons. The van der Waals surface area contributed by atoms with Crippen molar-refractivity contribution in [3.63, 3.8) is 0 Å². The highest BCUT2D eigenvalue weighted by Gasteiger charge is 2.62. The summed E-state index contributed by atoms with van der Waals surface area (Å²) in [6, 6.07) is 7.23. The molecule has 1 aromatic rings. The van der Waals surface area contributed by atoms with Crippen molar-refractivity contribution in [1.82, 2.24) is 0 Å². The van der Waals surface area contributed by atoms with Crippen molar-refractivity contribution in [3.05, 3.63) is 45.4 Å². The average molecular weight is 412 g/mol. The molecule has 0 amide bonds. The molecule has 0 bridgehead atoms. The van der Waals surface area contributed by atoms with Crippen molar-refractivity contribution in [2.45, 2.75) is 26.6 Å². The van der Waals surface area contributed by atoms with Gasteiger partial charge in [-0.2, -0.15) is 13.2 Å². The minimum Gasteiger partial charge on any atom is -0.461 e. The molecule has 23 heavy (non-hydrogen) atoms. The quantitative estimate of drug-likeness (QED) is 0.616. The van der Waals surface area contributed by atoms with Gasteiger partial charge in [0, 0.05) is 4.47 Å². The van der Waals surface area contributed by atoms with E-state index in [1.54, 1.807) is 26.0 Å². The number of alkyl halides is 3. The normalized spacial score (nSPS) is 23.5. The van der Waals surface area contributed by atoms with Crippen molar-refractivity contribution < 1.29 is 22.7 Å². The summed E-state index contributed by atoms with van der Waals surface area (Å²) in [6.07, 6.45) is -3.68. The van der Waals surface area contributed by atoms with E-state index in [1.165, 1.54) is 0 Å². The Morgan fingerprint density at radius 3 is 2.43 bits per heavy atom. The van der Waals surface area contributed by atoms with Crippen LogP contribution >= 0.6 is 27.5 Å². The molecule has 0 unspecified atom stereocenters. The van der Waals surface area contributed by atoms with E-state index in [0.29, 0.717) is 0 Å². The van der Waals surface area contributed by atoms with Gasteiger partial charge in [-0.15, -0.1) is 0 Å². The number of carbonyl (C=O) groups is 1. The number of allylic oxidation sites excluding steroid dienone is 2. The highest BCUT2D eigenvalue weighted by atomic mass is 79.9. The van der Waals surface area contributed by atoms with Crippen LogP contribution in [0.4, 0.5) is 13.2 Å². The maximum Gasteiger partial charge on any atom is 0.426 e. The van der Waals surface area contributed by atoms with E-state index >= 15 is 0 Å². The first kappa shape index (κ1) is 18.3. The number of rotatable bonds is 4. The van der Waals surface area contributed by atoms with Gasteiger partial charge in [0.2, 0.25) is 0 Å². The minimum atomic E-state index is -4.59. The van der Waals surface area contributed by atoms with E-state index in [4.69, 9.17) is 16.3 Å². The second kappa shape index (κ2) is 6.48. The number of halogens is 5. The summed E-state index contributed by atoms with van der Waals surface area (Å²) in [7, 11) is 0. The van der Waals surface area contributed by atoms with Gasteiger partial charge in [-0.1, -0.05) is 59.6 Å². The number of carbonyl (C=O) groups excluding carboxylic acids is 1. The van der Waals surface area contributed by atoms with Crippen LogP contribution in [0.3, 0.4) is 0 Å². The average Bonchev–Trinajstić information content (AvgIpc) is 2.98. The summed E-state index contributed by atoms with van der Waals surface area (Å²) in [4.78, 5) is 12.1. The van der Waals surface area contributed by atoms with Crippen LogP contribution in [0.15, 0.2) is 39.8 Å². The second-order valence-corrected chi connectivity index (χ2v) is 7.39. The van der Waals surface area contributed by atoms with Gasteiger partial charge in [-0.25, -0.2) is 0 Å². The van der Waals surface area contributed by atoms with Crippen molar-refractivity contribution in [2.75, 3.05) is 0 Å². The molecule has 1 aromatic carbocycles. The van der Waals surface area contributed by atoms with Gasteiger partial charge in [0.15, 0.2) is 0 Å². The minimum absolute atomic E-state index is 0.0854. The van der Waals surface area contributed by atoms with E-state index in [9.17, 15) is 18.0 Å². The molecule has 1 fully saturated rings. The smallest absolute Gasteiger partial charge is 0.426 e. The second-order valence-electron chi connectivity index (χ2n) is 6.07. The Morgan fingerprint density at radius 1 is 1.35 bits per heavy atom. The predicted octanol–water partition coefficient (Wildman–Crippen LogP) is 5.45. The van der Waals surface area contributed by atoms with Gasteiger partial charge < -0.3 is 4.74 Å². The first-order chi connectivity index (χ1) is 10.5. The summed E-state index contributed by atoms with van der Waals surface area (Å²) in [6.45, 7) is 3.53. The monoisotopic (exact) mass is 410 g/mol. The Hall–Kier alpha value is -1.01. The predicted molar refractivity (Wildman–Crippen MR) is 84.7 cm³/mol. The molecule has 1 aliphatic rings. The molecule has 2 atom stereocenters. The molecule has 2 nitrogen and oxygen atoms in total. The van der Waals surface area contributed by atoms with E-state index in [0.717, 1.165) is 16.1 Å². The summed E-state index contributed by atoms with van der Waals surface area (Å²) in [5.74, 6) is -1.70. The lowest BCUT2D eigenvalue weighted by molar-refractivity contribution is -0.147. The maximum atomic E-state index is 12.5. The highest BCUT2D eigenvalue weighted by molar-refractivity contribution is 9.10. The molecular weight excluding hydrogens is 397 g/mol. The molecule has 2 rings (SSSR count). The van der Waals surface area contributed by atoms with Crippen molar-refractivity contribution in [2.24, 2.45) is 17.3 Å². The standard InChI is InChI=1S/C16H15BrClF3O2/c1-15(2)11(7-12(18)16(19,20)21)13(15)14(22)23-8-9-3-5-10(17)6-4-9/h3-7,11,13H,8H2,1-2H3/t11-,13-/m1/s1. The third-order valence-corrected chi connectivity index (χ3v) is 4.92. The molecule has 126 valence electrons.